The van der Waals surface area contributed by atoms with E-state index in [0.29, 0.717) is 13.0 Å². The largest absolute Gasteiger partial charge is 0.354 e. The number of rotatable bonds is 5. The maximum absolute atomic E-state index is 11.0. The second-order valence-corrected chi connectivity index (χ2v) is 2.51. The highest BCUT2D eigenvalue weighted by Crippen LogP contribution is 1.72. The zero-order chi connectivity index (χ0) is 10.8. The number of carbonyl (C=O) groups excluding carboxylic acids is 2. The fourth-order valence-electron chi connectivity index (χ4n) is 0.703. The van der Waals surface area contributed by atoms with Crippen LogP contribution in [0.3, 0.4) is 0 Å². The van der Waals surface area contributed by atoms with E-state index in [1.165, 1.54) is 0 Å². The Morgan fingerprint density at radius 3 is 2.57 bits per heavy atom. The van der Waals surface area contributed by atoms with Gasteiger partial charge in [-0.1, -0.05) is 0 Å². The maximum Gasteiger partial charge on any atom is 0.239 e. The predicted molar refractivity (Wildman–Crippen MR) is 53.1 cm³/mol. The molecule has 4 N–H and O–H groups in total. The molecule has 2 amide bonds. The second kappa shape index (κ2) is 8.08. The van der Waals surface area contributed by atoms with Crippen molar-refractivity contribution in [2.24, 2.45) is 5.73 Å². The smallest absolute Gasteiger partial charge is 0.239 e. The first kappa shape index (κ1) is 12.5. The molecule has 5 nitrogen and oxygen atoms in total. The van der Waals surface area contributed by atoms with Crippen LogP contribution in [0.5, 0.6) is 0 Å². The second-order valence-electron chi connectivity index (χ2n) is 2.51. The lowest BCUT2D eigenvalue weighted by Gasteiger charge is -2.03. The summed E-state index contributed by atoms with van der Waals surface area (Å²) in [7, 11) is 0. The number of nitrogens with two attached hydrogens (primary N) is 1. The minimum atomic E-state index is -0.339. The van der Waals surface area contributed by atoms with Gasteiger partial charge >= 0.3 is 0 Å². The maximum atomic E-state index is 11.0. The summed E-state index contributed by atoms with van der Waals surface area (Å²) in [5, 5.41) is 4.96. The zero-order valence-corrected chi connectivity index (χ0v) is 8.22. The first-order chi connectivity index (χ1) is 6.70. The van der Waals surface area contributed by atoms with Gasteiger partial charge in [0.15, 0.2) is 0 Å². The van der Waals surface area contributed by atoms with Crippen molar-refractivity contribution in [2.45, 2.75) is 13.3 Å². The molecule has 5 heteroatoms. The van der Waals surface area contributed by atoms with E-state index in [-0.39, 0.29) is 24.9 Å². The van der Waals surface area contributed by atoms with Crippen molar-refractivity contribution >= 4 is 11.8 Å². The molecular formula is C9H15N3O2. The summed E-state index contributed by atoms with van der Waals surface area (Å²) in [5.41, 5.74) is 5.04. The van der Waals surface area contributed by atoms with Gasteiger partial charge in [-0.2, -0.15) is 0 Å². The standard InChI is InChI=1S/C9H15N3O2/c1-2-3-4-5-11-9(14)7-12-8(13)6-10/h4-7,10H2,1H3,(H,11,14)(H,12,13). The molecule has 0 aliphatic carbocycles. The average Bonchev–Trinajstić information content (AvgIpc) is 2.21. The van der Waals surface area contributed by atoms with Gasteiger partial charge in [0.2, 0.25) is 11.8 Å². The van der Waals surface area contributed by atoms with Gasteiger partial charge in [-0.25, -0.2) is 0 Å². The Morgan fingerprint density at radius 1 is 1.29 bits per heavy atom. The van der Waals surface area contributed by atoms with Crippen LogP contribution in [0.4, 0.5) is 0 Å². The van der Waals surface area contributed by atoms with E-state index in [9.17, 15) is 9.59 Å². The zero-order valence-electron chi connectivity index (χ0n) is 8.22. The lowest BCUT2D eigenvalue weighted by molar-refractivity contribution is -0.125. The quantitative estimate of drug-likeness (QED) is 0.374. The molecule has 0 atom stereocenters. The van der Waals surface area contributed by atoms with Crippen LogP contribution in [0, 0.1) is 11.8 Å². The molecule has 0 spiro atoms. The van der Waals surface area contributed by atoms with Gasteiger partial charge in [0.25, 0.3) is 0 Å². The molecule has 78 valence electrons. The van der Waals surface area contributed by atoms with E-state index in [0.717, 1.165) is 0 Å². The Balaban J connectivity index is 3.44. The number of nitrogens with one attached hydrogen (secondary N) is 2. The third kappa shape index (κ3) is 7.13. The molecule has 0 saturated heterocycles. The Bertz CT molecular complexity index is 253. The summed E-state index contributed by atoms with van der Waals surface area (Å²) in [5.74, 6) is 4.95. The van der Waals surface area contributed by atoms with Crippen molar-refractivity contribution in [3.8, 4) is 11.8 Å². The minimum absolute atomic E-state index is 0.0322. The lowest BCUT2D eigenvalue weighted by atomic mass is 10.4. The van der Waals surface area contributed by atoms with E-state index >= 15 is 0 Å². The van der Waals surface area contributed by atoms with E-state index in [1.54, 1.807) is 6.92 Å². The molecule has 0 aliphatic heterocycles. The van der Waals surface area contributed by atoms with Crippen LogP contribution in [0.15, 0.2) is 0 Å². The van der Waals surface area contributed by atoms with Crippen molar-refractivity contribution in [1.82, 2.24) is 10.6 Å². The number of amides is 2. The predicted octanol–water partition coefficient (Wildman–Crippen LogP) is -1.41. The van der Waals surface area contributed by atoms with Crippen LogP contribution in [0.25, 0.3) is 0 Å². The Hall–Kier alpha value is -1.54. The summed E-state index contributed by atoms with van der Waals surface area (Å²) in [6.07, 6.45) is 0.618. The van der Waals surface area contributed by atoms with E-state index in [2.05, 4.69) is 22.5 Å². The first-order valence-electron chi connectivity index (χ1n) is 4.33. The van der Waals surface area contributed by atoms with Crippen LogP contribution >= 0.6 is 0 Å². The summed E-state index contributed by atoms with van der Waals surface area (Å²) < 4.78 is 0. The van der Waals surface area contributed by atoms with Crippen molar-refractivity contribution in [2.75, 3.05) is 19.6 Å². The molecule has 0 saturated carbocycles. The van der Waals surface area contributed by atoms with Crippen molar-refractivity contribution in [3.05, 3.63) is 0 Å². The molecule has 0 aromatic heterocycles. The van der Waals surface area contributed by atoms with Crippen molar-refractivity contribution < 1.29 is 9.59 Å². The molecule has 14 heavy (non-hydrogen) atoms. The molecule has 0 bridgehead atoms. The third-order valence-electron chi connectivity index (χ3n) is 1.38. The Labute approximate surface area is 83.4 Å². The summed E-state index contributed by atoms with van der Waals surface area (Å²) >= 11 is 0. The highest BCUT2D eigenvalue weighted by Gasteiger charge is 2.01. The van der Waals surface area contributed by atoms with E-state index < -0.39 is 0 Å². The summed E-state index contributed by atoms with van der Waals surface area (Å²) in [4.78, 5) is 21.7. The molecule has 0 aromatic rings. The highest BCUT2D eigenvalue weighted by atomic mass is 16.2. The topological polar surface area (TPSA) is 84.2 Å². The SMILES string of the molecule is CC#CCCNC(=O)CNC(=O)CN. The molecule has 0 rings (SSSR count). The minimum Gasteiger partial charge on any atom is -0.354 e. The molecule has 0 aliphatic rings. The van der Waals surface area contributed by atoms with E-state index in [1.807, 2.05) is 0 Å². The van der Waals surface area contributed by atoms with Gasteiger partial charge in [0.05, 0.1) is 13.1 Å². The monoisotopic (exact) mass is 197 g/mol. The molecule has 0 aromatic carbocycles. The van der Waals surface area contributed by atoms with Gasteiger partial charge in [0.1, 0.15) is 0 Å². The number of hydrogen-bond acceptors (Lipinski definition) is 3. The van der Waals surface area contributed by atoms with Gasteiger partial charge in [-0.3, -0.25) is 9.59 Å². The number of hydrogen-bond donors (Lipinski definition) is 3. The fourth-order valence-corrected chi connectivity index (χ4v) is 0.703. The lowest BCUT2D eigenvalue weighted by Crippen LogP contribution is -2.39. The van der Waals surface area contributed by atoms with Crippen LogP contribution in [-0.2, 0) is 9.59 Å². The average molecular weight is 197 g/mol. The summed E-state index contributed by atoms with van der Waals surface area (Å²) in [6.45, 7) is 2.10. The third-order valence-corrected chi connectivity index (χ3v) is 1.38. The molecule has 0 fully saturated rings. The van der Waals surface area contributed by atoms with Gasteiger partial charge < -0.3 is 16.4 Å². The van der Waals surface area contributed by atoms with Gasteiger partial charge in [-0.15, -0.1) is 11.8 Å². The number of carbonyl (C=O) groups is 2. The van der Waals surface area contributed by atoms with Crippen LogP contribution in [0.2, 0.25) is 0 Å². The molecule has 0 radical (unpaired) electrons. The van der Waals surface area contributed by atoms with E-state index in [4.69, 9.17) is 5.73 Å². The van der Waals surface area contributed by atoms with Crippen LogP contribution in [-0.4, -0.2) is 31.4 Å². The van der Waals surface area contributed by atoms with Gasteiger partial charge in [-0.05, 0) is 6.92 Å². The summed E-state index contributed by atoms with van der Waals surface area (Å²) in [6, 6.07) is 0. The molecule has 0 unspecified atom stereocenters. The highest BCUT2D eigenvalue weighted by molar-refractivity contribution is 5.85. The van der Waals surface area contributed by atoms with Crippen LogP contribution in [0.1, 0.15) is 13.3 Å². The first-order valence-corrected chi connectivity index (χ1v) is 4.33. The van der Waals surface area contributed by atoms with Gasteiger partial charge in [0, 0.05) is 13.0 Å². The fraction of sp³-hybridized carbons (Fsp3) is 0.556. The van der Waals surface area contributed by atoms with Crippen LogP contribution < -0.4 is 16.4 Å². The Kier molecular flexibility index (Phi) is 7.19. The van der Waals surface area contributed by atoms with Crippen molar-refractivity contribution in [3.63, 3.8) is 0 Å². The Morgan fingerprint density at radius 2 is 2.00 bits per heavy atom. The molecular weight excluding hydrogens is 182 g/mol. The molecule has 0 heterocycles. The normalized spacial score (nSPS) is 8.43. The van der Waals surface area contributed by atoms with Crippen molar-refractivity contribution in [1.29, 1.82) is 0 Å².